The van der Waals surface area contributed by atoms with E-state index in [1.807, 2.05) is 42.1 Å². The monoisotopic (exact) mass is 273 g/mol. The number of methoxy groups -OCH3 is 1. The van der Waals surface area contributed by atoms with Crippen molar-refractivity contribution in [3.8, 4) is 5.75 Å². The van der Waals surface area contributed by atoms with Crippen LogP contribution in [0.1, 0.15) is 15.9 Å². The third-order valence-corrected chi connectivity index (χ3v) is 3.04. The van der Waals surface area contributed by atoms with E-state index in [0.29, 0.717) is 17.9 Å². The van der Waals surface area contributed by atoms with Crippen LogP contribution >= 0.6 is 0 Å². The van der Waals surface area contributed by atoms with E-state index in [-0.39, 0.29) is 12.4 Å². The number of aromatic nitrogens is 1. The van der Waals surface area contributed by atoms with Crippen LogP contribution in [0.2, 0.25) is 0 Å². The van der Waals surface area contributed by atoms with Crippen molar-refractivity contribution in [3.63, 3.8) is 0 Å². The molecule has 0 amide bonds. The topological polar surface area (TPSA) is 40.5 Å². The Morgan fingerprint density at radius 1 is 1.20 bits per heavy atom. The summed E-state index contributed by atoms with van der Waals surface area (Å²) in [4.78, 5) is 11.9. The van der Waals surface area contributed by atoms with Crippen LogP contribution in [0.25, 0.3) is 0 Å². The lowest BCUT2D eigenvalue weighted by Gasteiger charge is -2.06. The Labute approximate surface area is 118 Å². The largest absolute Gasteiger partial charge is 0.485 e. The van der Waals surface area contributed by atoms with Gasteiger partial charge in [-0.15, -0.1) is 0 Å². The van der Waals surface area contributed by atoms with Gasteiger partial charge in [0.1, 0.15) is 5.75 Å². The number of rotatable bonds is 7. The first-order chi connectivity index (χ1) is 9.69. The standard InChI is InChI=1S/C16H19NO3/c1-17-9-7-14(11-17)16(18)12-20-15-5-3-13(4-6-15)8-10-19-2/h3-7,9,11H,8,10,12H2,1-2H3. The van der Waals surface area contributed by atoms with E-state index in [0.717, 1.165) is 6.42 Å². The number of Topliss-reactive ketones (excluding diaryl/α,β-unsaturated/α-hetero) is 1. The second-order valence-electron chi connectivity index (χ2n) is 4.66. The minimum absolute atomic E-state index is 0.0194. The Balaban J connectivity index is 1.86. The van der Waals surface area contributed by atoms with Gasteiger partial charge in [0.25, 0.3) is 0 Å². The van der Waals surface area contributed by atoms with Crippen molar-refractivity contribution in [2.45, 2.75) is 6.42 Å². The van der Waals surface area contributed by atoms with E-state index in [2.05, 4.69) is 0 Å². The molecule has 0 bridgehead atoms. The van der Waals surface area contributed by atoms with Crippen molar-refractivity contribution in [1.82, 2.24) is 4.57 Å². The molecule has 0 atom stereocenters. The van der Waals surface area contributed by atoms with Gasteiger partial charge in [0, 0.05) is 32.1 Å². The average Bonchev–Trinajstić information content (AvgIpc) is 2.90. The second kappa shape index (κ2) is 6.91. The lowest BCUT2D eigenvalue weighted by molar-refractivity contribution is 0.0921. The normalized spacial score (nSPS) is 10.5. The SMILES string of the molecule is COCCc1ccc(OCC(=O)c2ccn(C)c2)cc1. The molecule has 2 aromatic rings. The summed E-state index contributed by atoms with van der Waals surface area (Å²) in [5, 5.41) is 0. The van der Waals surface area contributed by atoms with Crippen LogP contribution in [-0.2, 0) is 18.2 Å². The second-order valence-corrected chi connectivity index (χ2v) is 4.66. The maximum absolute atomic E-state index is 11.9. The third-order valence-electron chi connectivity index (χ3n) is 3.04. The predicted octanol–water partition coefficient (Wildman–Crippen LogP) is 2.48. The molecule has 0 saturated heterocycles. The van der Waals surface area contributed by atoms with E-state index in [4.69, 9.17) is 9.47 Å². The molecule has 0 unspecified atom stereocenters. The zero-order valence-electron chi connectivity index (χ0n) is 11.8. The van der Waals surface area contributed by atoms with Gasteiger partial charge in [-0.05, 0) is 30.2 Å². The first kappa shape index (κ1) is 14.3. The minimum atomic E-state index is -0.0194. The average molecular weight is 273 g/mol. The van der Waals surface area contributed by atoms with Crippen molar-refractivity contribution in [3.05, 3.63) is 53.9 Å². The summed E-state index contributed by atoms with van der Waals surface area (Å²) >= 11 is 0. The molecule has 0 aliphatic rings. The summed E-state index contributed by atoms with van der Waals surface area (Å²) in [5.74, 6) is 0.685. The molecular weight excluding hydrogens is 254 g/mol. The van der Waals surface area contributed by atoms with Crippen molar-refractivity contribution >= 4 is 5.78 Å². The summed E-state index contributed by atoms with van der Waals surface area (Å²) in [7, 11) is 3.57. The molecule has 20 heavy (non-hydrogen) atoms. The van der Waals surface area contributed by atoms with Crippen LogP contribution in [0, 0.1) is 0 Å². The van der Waals surface area contributed by atoms with Gasteiger partial charge in [-0.1, -0.05) is 12.1 Å². The zero-order chi connectivity index (χ0) is 14.4. The lowest BCUT2D eigenvalue weighted by atomic mass is 10.1. The number of carbonyl (C=O) groups excluding carboxylic acids is 1. The maximum atomic E-state index is 11.9. The highest BCUT2D eigenvalue weighted by Gasteiger charge is 2.07. The van der Waals surface area contributed by atoms with E-state index in [9.17, 15) is 4.79 Å². The highest BCUT2D eigenvalue weighted by atomic mass is 16.5. The Morgan fingerprint density at radius 3 is 2.55 bits per heavy atom. The molecule has 1 heterocycles. The number of carbonyl (C=O) groups is 1. The molecule has 0 aliphatic carbocycles. The molecule has 0 radical (unpaired) electrons. The molecule has 106 valence electrons. The van der Waals surface area contributed by atoms with Crippen LogP contribution in [0.4, 0.5) is 0 Å². The van der Waals surface area contributed by atoms with Gasteiger partial charge in [0.05, 0.1) is 6.61 Å². The van der Waals surface area contributed by atoms with Crippen LogP contribution < -0.4 is 4.74 Å². The molecule has 0 fully saturated rings. The molecule has 0 aliphatic heterocycles. The summed E-state index contributed by atoms with van der Waals surface area (Å²) in [6, 6.07) is 9.52. The van der Waals surface area contributed by atoms with E-state index < -0.39 is 0 Å². The fourth-order valence-corrected chi connectivity index (χ4v) is 1.87. The first-order valence-corrected chi connectivity index (χ1v) is 6.55. The number of benzene rings is 1. The van der Waals surface area contributed by atoms with Crippen molar-refractivity contribution < 1.29 is 14.3 Å². The molecule has 4 nitrogen and oxygen atoms in total. The summed E-state index contributed by atoms with van der Waals surface area (Å²) in [6.45, 7) is 0.758. The van der Waals surface area contributed by atoms with E-state index in [1.165, 1.54) is 5.56 Å². The highest BCUT2D eigenvalue weighted by Crippen LogP contribution is 2.13. The third kappa shape index (κ3) is 3.96. The van der Waals surface area contributed by atoms with Crippen molar-refractivity contribution in [2.24, 2.45) is 7.05 Å². The summed E-state index contributed by atoms with van der Waals surface area (Å²) in [6.07, 6.45) is 4.51. The van der Waals surface area contributed by atoms with Gasteiger partial charge in [-0.3, -0.25) is 4.79 Å². The van der Waals surface area contributed by atoms with Gasteiger partial charge in [0.2, 0.25) is 5.78 Å². The molecule has 0 saturated carbocycles. The van der Waals surface area contributed by atoms with Crippen LogP contribution in [0.5, 0.6) is 5.75 Å². The molecule has 0 spiro atoms. The van der Waals surface area contributed by atoms with Crippen molar-refractivity contribution in [2.75, 3.05) is 20.3 Å². The number of ether oxygens (including phenoxy) is 2. The smallest absolute Gasteiger partial charge is 0.201 e. The Hall–Kier alpha value is -2.07. The molecule has 1 aromatic heterocycles. The number of ketones is 1. The predicted molar refractivity (Wildman–Crippen MR) is 77.3 cm³/mol. The number of aryl methyl sites for hydroxylation is 1. The highest BCUT2D eigenvalue weighted by molar-refractivity contribution is 5.97. The zero-order valence-corrected chi connectivity index (χ0v) is 11.8. The lowest BCUT2D eigenvalue weighted by Crippen LogP contribution is -2.10. The Bertz CT molecular complexity index is 557. The molecule has 4 heteroatoms. The van der Waals surface area contributed by atoms with Gasteiger partial charge >= 0.3 is 0 Å². The first-order valence-electron chi connectivity index (χ1n) is 6.55. The summed E-state index contributed by atoms with van der Waals surface area (Å²) < 4.78 is 12.4. The Kier molecular flexibility index (Phi) is 4.96. The Morgan fingerprint density at radius 2 is 1.95 bits per heavy atom. The minimum Gasteiger partial charge on any atom is -0.485 e. The van der Waals surface area contributed by atoms with Crippen molar-refractivity contribution in [1.29, 1.82) is 0 Å². The van der Waals surface area contributed by atoms with Gasteiger partial charge in [-0.25, -0.2) is 0 Å². The van der Waals surface area contributed by atoms with Gasteiger partial charge in [0.15, 0.2) is 6.61 Å². The number of hydrogen-bond acceptors (Lipinski definition) is 3. The van der Waals surface area contributed by atoms with Crippen LogP contribution in [0.3, 0.4) is 0 Å². The molecular formula is C16H19NO3. The number of nitrogens with zero attached hydrogens (tertiary/aromatic N) is 1. The summed E-state index contributed by atoms with van der Waals surface area (Å²) in [5.41, 5.74) is 1.86. The fraction of sp³-hybridized carbons (Fsp3) is 0.312. The quantitative estimate of drug-likeness (QED) is 0.728. The van der Waals surface area contributed by atoms with Gasteiger partial charge in [-0.2, -0.15) is 0 Å². The number of hydrogen-bond donors (Lipinski definition) is 0. The van der Waals surface area contributed by atoms with Crippen LogP contribution in [0.15, 0.2) is 42.7 Å². The molecule has 0 N–H and O–H groups in total. The molecule has 1 aromatic carbocycles. The van der Waals surface area contributed by atoms with Gasteiger partial charge < -0.3 is 14.0 Å². The van der Waals surface area contributed by atoms with Crippen LogP contribution in [-0.4, -0.2) is 30.7 Å². The molecule has 2 rings (SSSR count). The van der Waals surface area contributed by atoms with E-state index in [1.54, 1.807) is 19.4 Å². The maximum Gasteiger partial charge on any atom is 0.201 e. The fourth-order valence-electron chi connectivity index (χ4n) is 1.87. The van der Waals surface area contributed by atoms with E-state index >= 15 is 0 Å².